The van der Waals surface area contributed by atoms with E-state index < -0.39 is 11.9 Å². The molecule has 108 valence electrons. The van der Waals surface area contributed by atoms with Crippen LogP contribution in [-0.2, 0) is 6.18 Å². The van der Waals surface area contributed by atoms with Crippen LogP contribution in [0.5, 0.6) is 0 Å². The van der Waals surface area contributed by atoms with Crippen LogP contribution in [0.15, 0.2) is 12.1 Å². The molecular formula is C13H14F3N3S. The average molecular weight is 301 g/mol. The van der Waals surface area contributed by atoms with Gasteiger partial charge in [-0.3, -0.25) is 0 Å². The molecule has 1 saturated heterocycles. The minimum absolute atomic E-state index is 0.0686. The molecule has 7 heteroatoms. The zero-order chi connectivity index (χ0) is 15.0. The van der Waals surface area contributed by atoms with Crippen LogP contribution in [-0.4, -0.2) is 28.6 Å². The molecule has 3 nitrogen and oxygen atoms in total. The van der Waals surface area contributed by atoms with E-state index in [2.05, 4.69) is 4.98 Å². The molecule has 0 aromatic carbocycles. The molecule has 0 radical (unpaired) electrons. The van der Waals surface area contributed by atoms with E-state index in [9.17, 15) is 13.2 Å². The van der Waals surface area contributed by atoms with Crippen molar-refractivity contribution in [3.05, 3.63) is 23.4 Å². The second kappa shape index (κ2) is 5.17. The number of nitrogens with zero attached hydrogens (tertiary/aromatic N) is 3. The van der Waals surface area contributed by atoms with Gasteiger partial charge in [0.25, 0.3) is 0 Å². The molecule has 20 heavy (non-hydrogen) atoms. The van der Waals surface area contributed by atoms with Crippen LogP contribution in [0.1, 0.15) is 25.1 Å². The molecule has 1 aliphatic heterocycles. The van der Waals surface area contributed by atoms with Gasteiger partial charge in [0.05, 0.1) is 5.56 Å². The van der Waals surface area contributed by atoms with Gasteiger partial charge in [0, 0.05) is 23.6 Å². The van der Waals surface area contributed by atoms with Gasteiger partial charge in [-0.2, -0.15) is 30.2 Å². The lowest BCUT2D eigenvalue weighted by atomic mass is 10.1. The molecule has 0 unspecified atom stereocenters. The number of anilines is 1. The number of hydrogen-bond donors (Lipinski definition) is 0. The van der Waals surface area contributed by atoms with Crippen LogP contribution >= 0.6 is 11.8 Å². The van der Waals surface area contributed by atoms with Gasteiger partial charge in [-0.15, -0.1) is 0 Å². The minimum Gasteiger partial charge on any atom is -0.353 e. The van der Waals surface area contributed by atoms with Crippen LogP contribution in [0.2, 0.25) is 0 Å². The Bertz CT molecular complexity index is 549. The van der Waals surface area contributed by atoms with Crippen molar-refractivity contribution in [1.29, 1.82) is 5.26 Å². The fourth-order valence-corrected chi connectivity index (χ4v) is 3.24. The molecule has 0 N–H and O–H groups in total. The van der Waals surface area contributed by atoms with Crippen molar-refractivity contribution in [3.8, 4) is 6.07 Å². The Morgan fingerprint density at radius 3 is 2.65 bits per heavy atom. The van der Waals surface area contributed by atoms with E-state index in [1.54, 1.807) is 16.7 Å². The molecule has 0 atom stereocenters. The summed E-state index contributed by atoms with van der Waals surface area (Å²) in [5.74, 6) is 0.936. The van der Waals surface area contributed by atoms with Crippen LogP contribution in [0.3, 0.4) is 0 Å². The number of thioether (sulfide) groups is 1. The predicted molar refractivity (Wildman–Crippen MR) is 72.7 cm³/mol. The zero-order valence-corrected chi connectivity index (χ0v) is 12.0. The fraction of sp³-hybridized carbons (Fsp3) is 0.538. The van der Waals surface area contributed by atoms with Crippen molar-refractivity contribution in [1.82, 2.24) is 4.98 Å². The molecule has 0 bridgehead atoms. The summed E-state index contributed by atoms with van der Waals surface area (Å²) >= 11 is 1.77. The van der Waals surface area contributed by atoms with E-state index in [4.69, 9.17) is 5.26 Å². The van der Waals surface area contributed by atoms with Crippen LogP contribution < -0.4 is 4.90 Å². The summed E-state index contributed by atoms with van der Waals surface area (Å²) in [7, 11) is 0. The largest absolute Gasteiger partial charge is 0.433 e. The lowest BCUT2D eigenvalue weighted by Gasteiger charge is -2.38. The number of pyridine rings is 1. The Morgan fingerprint density at radius 2 is 2.10 bits per heavy atom. The Hall–Kier alpha value is -1.42. The Kier molecular flexibility index (Phi) is 3.87. The van der Waals surface area contributed by atoms with Gasteiger partial charge in [0.2, 0.25) is 0 Å². The van der Waals surface area contributed by atoms with Crippen molar-refractivity contribution >= 4 is 17.6 Å². The highest BCUT2D eigenvalue weighted by atomic mass is 32.2. The molecule has 2 rings (SSSR count). The molecule has 0 aliphatic carbocycles. The van der Waals surface area contributed by atoms with E-state index in [0.717, 1.165) is 11.8 Å². The van der Waals surface area contributed by atoms with Crippen molar-refractivity contribution in [2.24, 2.45) is 0 Å². The Balaban J connectivity index is 2.41. The average Bonchev–Trinajstić information content (AvgIpc) is 2.35. The van der Waals surface area contributed by atoms with Crippen LogP contribution in [0.4, 0.5) is 19.0 Å². The van der Waals surface area contributed by atoms with E-state index in [1.807, 2.05) is 19.9 Å². The third kappa shape index (κ3) is 3.18. The topological polar surface area (TPSA) is 39.9 Å². The van der Waals surface area contributed by atoms with Crippen molar-refractivity contribution in [3.63, 3.8) is 0 Å². The minimum atomic E-state index is -4.50. The fourth-order valence-electron chi connectivity index (χ4n) is 2.13. The SMILES string of the molecule is CC1(C)CN(c2nc(C(F)(F)F)ccc2C#N)CCS1. The summed E-state index contributed by atoms with van der Waals surface area (Å²) in [5.41, 5.74) is -0.775. The second-order valence-electron chi connectivity index (χ2n) is 5.21. The first kappa shape index (κ1) is 15.0. The first-order valence-electron chi connectivity index (χ1n) is 6.10. The molecule has 1 fully saturated rings. The van der Waals surface area contributed by atoms with Gasteiger partial charge >= 0.3 is 6.18 Å². The number of hydrogen-bond acceptors (Lipinski definition) is 4. The zero-order valence-electron chi connectivity index (χ0n) is 11.2. The highest BCUT2D eigenvalue weighted by Gasteiger charge is 2.35. The maximum atomic E-state index is 12.8. The summed E-state index contributed by atoms with van der Waals surface area (Å²) in [6.07, 6.45) is -4.50. The summed E-state index contributed by atoms with van der Waals surface area (Å²) in [4.78, 5) is 5.44. The molecule has 0 spiro atoms. The molecular weight excluding hydrogens is 287 g/mol. The van der Waals surface area contributed by atoms with E-state index >= 15 is 0 Å². The molecule has 1 aromatic heterocycles. The normalized spacial score (nSPS) is 18.7. The van der Waals surface area contributed by atoms with Gasteiger partial charge in [0.1, 0.15) is 17.6 Å². The maximum Gasteiger partial charge on any atom is 0.433 e. The first-order chi connectivity index (χ1) is 9.23. The summed E-state index contributed by atoms with van der Waals surface area (Å²) in [5, 5.41) is 9.07. The van der Waals surface area contributed by atoms with Crippen LogP contribution in [0.25, 0.3) is 0 Å². The van der Waals surface area contributed by atoms with Gasteiger partial charge in [-0.05, 0) is 26.0 Å². The van der Waals surface area contributed by atoms with Crippen molar-refractivity contribution in [2.75, 3.05) is 23.7 Å². The lowest BCUT2D eigenvalue weighted by Crippen LogP contribution is -2.44. The van der Waals surface area contributed by atoms with Gasteiger partial charge in [-0.25, -0.2) is 4.98 Å². The molecule has 1 aromatic rings. The smallest absolute Gasteiger partial charge is 0.353 e. The number of alkyl halides is 3. The molecule has 1 aliphatic rings. The summed E-state index contributed by atoms with van der Waals surface area (Å²) in [6.45, 7) is 5.23. The van der Waals surface area contributed by atoms with Crippen molar-refractivity contribution < 1.29 is 13.2 Å². The predicted octanol–water partition coefficient (Wildman–Crippen LogP) is 3.30. The third-order valence-electron chi connectivity index (χ3n) is 3.01. The van der Waals surface area contributed by atoms with Crippen molar-refractivity contribution in [2.45, 2.75) is 24.8 Å². The Morgan fingerprint density at radius 1 is 1.40 bits per heavy atom. The quantitative estimate of drug-likeness (QED) is 0.798. The monoisotopic (exact) mass is 301 g/mol. The molecule has 0 saturated carbocycles. The van der Waals surface area contributed by atoms with E-state index in [0.29, 0.717) is 13.1 Å². The second-order valence-corrected chi connectivity index (χ2v) is 7.01. The van der Waals surface area contributed by atoms with Gasteiger partial charge in [-0.1, -0.05) is 0 Å². The standard InChI is InChI=1S/C13H14F3N3S/c1-12(2)8-19(5-6-20-12)11-9(7-17)3-4-10(18-11)13(14,15)16/h3-4H,5-6,8H2,1-2H3. The van der Waals surface area contributed by atoms with Gasteiger partial charge in [0.15, 0.2) is 0 Å². The highest BCUT2D eigenvalue weighted by Crippen LogP contribution is 2.35. The summed E-state index contributed by atoms with van der Waals surface area (Å²) < 4.78 is 38.2. The number of rotatable bonds is 1. The van der Waals surface area contributed by atoms with Crippen LogP contribution in [0, 0.1) is 11.3 Å². The number of aromatic nitrogens is 1. The highest BCUT2D eigenvalue weighted by molar-refractivity contribution is 8.00. The third-order valence-corrected chi connectivity index (χ3v) is 4.31. The Labute approximate surface area is 119 Å². The first-order valence-corrected chi connectivity index (χ1v) is 7.09. The van der Waals surface area contributed by atoms with E-state index in [-0.39, 0.29) is 16.1 Å². The number of halogens is 3. The van der Waals surface area contributed by atoms with E-state index in [1.165, 1.54) is 6.07 Å². The molecule has 2 heterocycles. The molecule has 0 amide bonds. The van der Waals surface area contributed by atoms with Gasteiger partial charge < -0.3 is 4.90 Å². The summed E-state index contributed by atoms with van der Waals surface area (Å²) in [6, 6.07) is 3.97. The lowest BCUT2D eigenvalue weighted by molar-refractivity contribution is -0.141. The maximum absolute atomic E-state index is 12.8. The number of nitriles is 1.